The minimum atomic E-state index is -0.473. The molecule has 2 aliphatic rings. The molecule has 1 aromatic carbocycles. The standard InChI is InChI=1S/C24H39BN2O4/c1-17-10-11-20(25-30-23(6,7)24(8,9)31-25)14-19(17)16-26-12-13-27(18(2)15-26)21(28)29-22(3,4)5/h10-11,14,18H,12-13,15-16H2,1-9H3. The summed E-state index contributed by atoms with van der Waals surface area (Å²) in [6.45, 7) is 21.4. The highest BCUT2D eigenvalue weighted by Crippen LogP contribution is 2.36. The molecule has 2 heterocycles. The van der Waals surface area contributed by atoms with E-state index in [4.69, 9.17) is 14.0 Å². The highest BCUT2D eigenvalue weighted by atomic mass is 16.7. The van der Waals surface area contributed by atoms with Gasteiger partial charge in [0, 0.05) is 32.2 Å². The highest BCUT2D eigenvalue weighted by molar-refractivity contribution is 6.62. The molecule has 0 aromatic heterocycles. The molecular formula is C24H39BN2O4. The zero-order valence-electron chi connectivity index (χ0n) is 20.7. The maximum absolute atomic E-state index is 12.5. The van der Waals surface area contributed by atoms with Crippen molar-refractivity contribution in [1.29, 1.82) is 0 Å². The van der Waals surface area contributed by atoms with Gasteiger partial charge in [0.05, 0.1) is 11.2 Å². The van der Waals surface area contributed by atoms with Gasteiger partial charge in [0.2, 0.25) is 0 Å². The predicted molar refractivity (Wildman–Crippen MR) is 125 cm³/mol. The number of nitrogens with zero attached hydrogens (tertiary/aromatic N) is 2. The van der Waals surface area contributed by atoms with Gasteiger partial charge >= 0.3 is 13.2 Å². The molecule has 3 rings (SSSR count). The first-order valence-corrected chi connectivity index (χ1v) is 11.4. The van der Waals surface area contributed by atoms with Gasteiger partial charge in [-0.1, -0.05) is 18.2 Å². The van der Waals surface area contributed by atoms with Gasteiger partial charge in [-0.2, -0.15) is 0 Å². The lowest BCUT2D eigenvalue weighted by Crippen LogP contribution is -2.54. The summed E-state index contributed by atoms with van der Waals surface area (Å²) >= 11 is 0. The Bertz CT molecular complexity index is 802. The van der Waals surface area contributed by atoms with E-state index in [0.717, 1.165) is 25.1 Å². The van der Waals surface area contributed by atoms with Gasteiger partial charge in [0.1, 0.15) is 5.60 Å². The first-order chi connectivity index (χ1) is 14.2. The average molecular weight is 430 g/mol. The molecule has 0 saturated carbocycles. The zero-order valence-corrected chi connectivity index (χ0v) is 20.7. The lowest BCUT2D eigenvalue weighted by atomic mass is 9.77. The maximum Gasteiger partial charge on any atom is 0.494 e. The molecule has 0 radical (unpaired) electrons. The second-order valence-corrected chi connectivity index (χ2v) is 11.0. The van der Waals surface area contributed by atoms with Crippen LogP contribution in [0.5, 0.6) is 0 Å². The quantitative estimate of drug-likeness (QED) is 0.684. The van der Waals surface area contributed by atoms with Crippen LogP contribution in [0.2, 0.25) is 0 Å². The highest BCUT2D eigenvalue weighted by Gasteiger charge is 2.51. The van der Waals surface area contributed by atoms with Crippen LogP contribution in [-0.2, 0) is 20.6 Å². The van der Waals surface area contributed by atoms with Crippen molar-refractivity contribution in [2.24, 2.45) is 0 Å². The van der Waals surface area contributed by atoms with Crippen LogP contribution in [-0.4, -0.2) is 65.5 Å². The van der Waals surface area contributed by atoms with Crippen LogP contribution in [0.25, 0.3) is 0 Å². The van der Waals surface area contributed by atoms with Crippen molar-refractivity contribution in [3.63, 3.8) is 0 Å². The van der Waals surface area contributed by atoms with Gasteiger partial charge in [-0.3, -0.25) is 4.90 Å². The minimum Gasteiger partial charge on any atom is -0.444 e. The fourth-order valence-corrected chi connectivity index (χ4v) is 4.00. The van der Waals surface area contributed by atoms with Crippen molar-refractivity contribution in [1.82, 2.24) is 9.80 Å². The van der Waals surface area contributed by atoms with Gasteiger partial charge in [-0.05, 0) is 78.9 Å². The Labute approximate surface area is 188 Å². The fourth-order valence-electron chi connectivity index (χ4n) is 4.00. The zero-order chi connectivity index (χ0) is 23.2. The molecule has 1 atom stereocenters. The van der Waals surface area contributed by atoms with E-state index in [1.165, 1.54) is 11.1 Å². The number of benzene rings is 1. The lowest BCUT2D eigenvalue weighted by Gasteiger charge is -2.40. The van der Waals surface area contributed by atoms with Crippen LogP contribution in [0.1, 0.15) is 66.5 Å². The van der Waals surface area contributed by atoms with Crippen LogP contribution in [0, 0.1) is 6.92 Å². The lowest BCUT2D eigenvalue weighted by molar-refractivity contribution is 0.000534. The van der Waals surface area contributed by atoms with Crippen molar-refractivity contribution in [3.8, 4) is 0 Å². The monoisotopic (exact) mass is 430 g/mol. The summed E-state index contributed by atoms with van der Waals surface area (Å²) in [7, 11) is -0.354. The van der Waals surface area contributed by atoms with Gasteiger partial charge < -0.3 is 18.9 Å². The van der Waals surface area contributed by atoms with E-state index in [1.807, 2.05) is 25.7 Å². The summed E-state index contributed by atoms with van der Waals surface area (Å²) in [6.07, 6.45) is -0.224. The molecule has 0 bridgehead atoms. The molecule has 0 N–H and O–H groups in total. The molecule has 0 aliphatic carbocycles. The summed E-state index contributed by atoms with van der Waals surface area (Å²) in [6, 6.07) is 6.57. The average Bonchev–Trinajstić information content (AvgIpc) is 2.83. The maximum atomic E-state index is 12.5. The Morgan fingerprint density at radius 2 is 1.77 bits per heavy atom. The Hall–Kier alpha value is -1.57. The van der Waals surface area contributed by atoms with Gasteiger partial charge in [-0.15, -0.1) is 0 Å². The Balaban J connectivity index is 1.66. The van der Waals surface area contributed by atoms with Crippen LogP contribution in [0.4, 0.5) is 4.79 Å². The van der Waals surface area contributed by atoms with Crippen molar-refractivity contribution in [2.45, 2.75) is 91.7 Å². The molecule has 6 nitrogen and oxygen atoms in total. The summed E-state index contributed by atoms with van der Waals surface area (Å²) in [4.78, 5) is 16.7. The molecule has 172 valence electrons. The topological polar surface area (TPSA) is 51.2 Å². The van der Waals surface area contributed by atoms with Crippen LogP contribution in [0.15, 0.2) is 18.2 Å². The fraction of sp³-hybridized carbons (Fsp3) is 0.708. The number of aryl methyl sites for hydroxylation is 1. The molecule has 0 spiro atoms. The van der Waals surface area contributed by atoms with Crippen LogP contribution >= 0.6 is 0 Å². The van der Waals surface area contributed by atoms with Gasteiger partial charge in [0.15, 0.2) is 0 Å². The van der Waals surface area contributed by atoms with E-state index >= 15 is 0 Å². The Morgan fingerprint density at radius 3 is 2.32 bits per heavy atom. The largest absolute Gasteiger partial charge is 0.494 e. The molecular weight excluding hydrogens is 391 g/mol. The summed E-state index contributed by atoms with van der Waals surface area (Å²) < 4.78 is 18.0. The third-order valence-electron chi connectivity index (χ3n) is 6.63. The van der Waals surface area contributed by atoms with E-state index in [9.17, 15) is 4.79 Å². The van der Waals surface area contributed by atoms with Gasteiger partial charge in [0.25, 0.3) is 0 Å². The number of hydrogen-bond acceptors (Lipinski definition) is 5. The number of piperazine rings is 1. The smallest absolute Gasteiger partial charge is 0.444 e. The normalized spacial score (nSPS) is 23.8. The first-order valence-electron chi connectivity index (χ1n) is 11.4. The molecule has 2 fully saturated rings. The first kappa shape index (κ1) is 24.1. The van der Waals surface area contributed by atoms with Crippen molar-refractivity contribution in [2.75, 3.05) is 19.6 Å². The van der Waals surface area contributed by atoms with E-state index in [1.54, 1.807) is 0 Å². The molecule has 1 unspecified atom stereocenters. The predicted octanol–water partition coefficient (Wildman–Crippen LogP) is 3.74. The molecule has 1 amide bonds. The third-order valence-corrected chi connectivity index (χ3v) is 6.63. The van der Waals surface area contributed by atoms with Crippen LogP contribution < -0.4 is 5.46 Å². The molecule has 2 aliphatic heterocycles. The van der Waals surface area contributed by atoms with E-state index in [-0.39, 0.29) is 30.5 Å². The summed E-state index contributed by atoms with van der Waals surface area (Å²) in [5.41, 5.74) is 2.40. The Morgan fingerprint density at radius 1 is 1.16 bits per heavy atom. The van der Waals surface area contributed by atoms with Gasteiger partial charge in [-0.25, -0.2) is 4.79 Å². The second-order valence-electron chi connectivity index (χ2n) is 11.0. The third kappa shape index (κ3) is 5.44. The van der Waals surface area contributed by atoms with Crippen molar-refractivity contribution in [3.05, 3.63) is 29.3 Å². The molecule has 2 saturated heterocycles. The second kappa shape index (κ2) is 8.41. The van der Waals surface area contributed by atoms with Crippen LogP contribution in [0.3, 0.4) is 0 Å². The van der Waals surface area contributed by atoms with E-state index in [2.05, 4.69) is 64.6 Å². The van der Waals surface area contributed by atoms with Crippen molar-refractivity contribution < 1.29 is 18.8 Å². The number of carbonyl (C=O) groups excluding carboxylic acids is 1. The molecule has 1 aromatic rings. The van der Waals surface area contributed by atoms with Crippen molar-refractivity contribution >= 4 is 18.7 Å². The SMILES string of the molecule is Cc1ccc(B2OC(C)(C)C(C)(C)O2)cc1CN1CCN(C(=O)OC(C)(C)C)C(C)C1. The van der Waals surface area contributed by atoms with E-state index in [0.29, 0.717) is 6.54 Å². The number of ether oxygens (including phenoxy) is 1. The number of rotatable bonds is 3. The summed E-state index contributed by atoms with van der Waals surface area (Å²) in [5.74, 6) is 0. The number of hydrogen-bond donors (Lipinski definition) is 0. The minimum absolute atomic E-state index is 0.107. The van der Waals surface area contributed by atoms with E-state index < -0.39 is 5.60 Å². The molecule has 31 heavy (non-hydrogen) atoms. The number of amides is 1. The molecule has 7 heteroatoms. The number of carbonyl (C=O) groups is 1. The summed E-state index contributed by atoms with van der Waals surface area (Å²) in [5, 5.41) is 0. The Kier molecular flexibility index (Phi) is 6.54.